The van der Waals surface area contributed by atoms with Crippen LogP contribution in [0.1, 0.15) is 40.5 Å². The van der Waals surface area contributed by atoms with Crippen LogP contribution in [0.3, 0.4) is 0 Å². The second-order valence-corrected chi connectivity index (χ2v) is 10.8. The third-order valence-corrected chi connectivity index (χ3v) is 8.12. The van der Waals surface area contributed by atoms with E-state index in [9.17, 15) is 4.79 Å². The van der Waals surface area contributed by atoms with Crippen LogP contribution >= 0.6 is 0 Å². The number of hydrogen-bond acceptors (Lipinski definition) is 6. The van der Waals surface area contributed by atoms with E-state index >= 15 is 0 Å². The number of nitrogens with one attached hydrogen (secondary N) is 2. The molecule has 2 aromatic carbocycles. The van der Waals surface area contributed by atoms with E-state index in [4.69, 9.17) is 0 Å². The van der Waals surface area contributed by atoms with Crippen LogP contribution in [-0.2, 0) is 13.1 Å². The summed E-state index contributed by atoms with van der Waals surface area (Å²) >= 11 is 0. The molecule has 1 amide bonds. The molecular formula is C32H36N8O. The van der Waals surface area contributed by atoms with Crippen molar-refractivity contribution < 1.29 is 4.79 Å². The maximum Gasteiger partial charge on any atom is 0.272 e. The van der Waals surface area contributed by atoms with Crippen molar-refractivity contribution in [1.29, 1.82) is 0 Å². The molecule has 5 aromatic rings. The Kier molecular flexibility index (Phi) is 7.63. The smallest absolute Gasteiger partial charge is 0.272 e. The SMILES string of the molecule is CCNCc1cncc(-c2ccc3c(cnn3-c3ncc(C(=O)N(C)C4CCN(Cc5ccccc5)C4)[nH]3)c2)c1C. The first-order chi connectivity index (χ1) is 20.0. The number of carbonyl (C=O) groups is 1. The molecule has 1 aliphatic rings. The largest absolute Gasteiger partial charge is 0.336 e. The Morgan fingerprint density at radius 3 is 2.80 bits per heavy atom. The minimum Gasteiger partial charge on any atom is -0.336 e. The molecule has 1 fully saturated rings. The van der Waals surface area contributed by atoms with Gasteiger partial charge in [0, 0.05) is 62.6 Å². The summed E-state index contributed by atoms with van der Waals surface area (Å²) in [6.45, 7) is 8.69. The van der Waals surface area contributed by atoms with Gasteiger partial charge in [-0.1, -0.05) is 43.3 Å². The summed E-state index contributed by atoms with van der Waals surface area (Å²) < 4.78 is 1.75. The van der Waals surface area contributed by atoms with E-state index in [1.165, 1.54) is 16.7 Å². The summed E-state index contributed by atoms with van der Waals surface area (Å²) in [5.74, 6) is 0.460. The predicted molar refractivity (Wildman–Crippen MR) is 161 cm³/mol. The molecule has 0 radical (unpaired) electrons. The van der Waals surface area contributed by atoms with E-state index in [0.29, 0.717) is 11.6 Å². The summed E-state index contributed by atoms with van der Waals surface area (Å²) in [5.41, 5.74) is 7.29. The number of nitrogens with zero attached hydrogens (tertiary/aromatic N) is 6. The van der Waals surface area contributed by atoms with Crippen LogP contribution in [0.2, 0.25) is 0 Å². The zero-order valence-corrected chi connectivity index (χ0v) is 23.8. The molecule has 9 nitrogen and oxygen atoms in total. The first-order valence-electron chi connectivity index (χ1n) is 14.2. The molecule has 4 heterocycles. The van der Waals surface area contributed by atoms with Gasteiger partial charge in [0.25, 0.3) is 5.91 Å². The number of likely N-dealkylation sites (N-methyl/N-ethyl adjacent to an activating group) is 1. The number of rotatable bonds is 9. The molecule has 3 aromatic heterocycles. The standard InChI is InChI=1S/C32H36N8O/c1-4-33-15-26-16-34-18-28(22(26)2)24-10-11-30-25(14-24)17-36-40(30)32-35-19-29(37-32)31(41)38(3)27-12-13-39(21-27)20-23-8-6-5-7-9-23/h5-11,14,16-19,27,33H,4,12-13,15,20-21H2,1-3H3,(H,35,37). The minimum absolute atomic E-state index is 0.0607. The van der Waals surface area contributed by atoms with Gasteiger partial charge in [0.2, 0.25) is 5.95 Å². The maximum absolute atomic E-state index is 13.4. The van der Waals surface area contributed by atoms with Crippen LogP contribution in [0.4, 0.5) is 0 Å². The van der Waals surface area contributed by atoms with E-state index in [0.717, 1.165) is 61.2 Å². The average molecular weight is 549 g/mol. The molecule has 0 saturated carbocycles. The van der Waals surface area contributed by atoms with Gasteiger partial charge in [0.1, 0.15) is 5.69 Å². The molecule has 2 N–H and O–H groups in total. The van der Waals surface area contributed by atoms with Crippen LogP contribution in [-0.4, -0.2) is 73.2 Å². The Balaban J connectivity index is 1.16. The summed E-state index contributed by atoms with van der Waals surface area (Å²) in [6, 6.07) is 16.9. The Hall–Kier alpha value is -4.34. The van der Waals surface area contributed by atoms with Crippen molar-refractivity contribution in [2.75, 3.05) is 26.7 Å². The topological polar surface area (TPSA) is 95.0 Å². The third-order valence-electron chi connectivity index (χ3n) is 8.12. The number of aromatic nitrogens is 5. The first-order valence-corrected chi connectivity index (χ1v) is 14.2. The molecule has 41 heavy (non-hydrogen) atoms. The van der Waals surface area contributed by atoms with Crippen LogP contribution in [0.15, 0.2) is 73.3 Å². The van der Waals surface area contributed by atoms with Crippen molar-refractivity contribution in [2.45, 2.75) is 39.4 Å². The number of fused-ring (bicyclic) bond motifs is 1. The van der Waals surface area contributed by atoms with Gasteiger partial charge in [-0.2, -0.15) is 9.78 Å². The summed E-state index contributed by atoms with van der Waals surface area (Å²) in [5, 5.41) is 8.97. The van der Waals surface area contributed by atoms with Crippen molar-refractivity contribution in [1.82, 2.24) is 39.8 Å². The Morgan fingerprint density at radius 1 is 1.12 bits per heavy atom. The monoisotopic (exact) mass is 548 g/mol. The quantitative estimate of drug-likeness (QED) is 0.280. The van der Waals surface area contributed by atoms with Gasteiger partial charge in [-0.3, -0.25) is 14.7 Å². The highest BCUT2D eigenvalue weighted by Crippen LogP contribution is 2.29. The van der Waals surface area contributed by atoms with Gasteiger partial charge < -0.3 is 15.2 Å². The molecular weight excluding hydrogens is 512 g/mol. The highest BCUT2D eigenvalue weighted by molar-refractivity contribution is 5.92. The number of pyridine rings is 1. The fraction of sp³-hybridized carbons (Fsp3) is 0.312. The van der Waals surface area contributed by atoms with E-state index in [1.807, 2.05) is 42.7 Å². The minimum atomic E-state index is -0.0607. The van der Waals surface area contributed by atoms with Gasteiger partial charge in [0.15, 0.2) is 0 Å². The van der Waals surface area contributed by atoms with Crippen molar-refractivity contribution in [2.24, 2.45) is 0 Å². The molecule has 0 bridgehead atoms. The lowest BCUT2D eigenvalue weighted by molar-refractivity contribution is 0.0729. The summed E-state index contributed by atoms with van der Waals surface area (Å²) in [4.78, 5) is 29.8. The molecule has 210 valence electrons. The highest BCUT2D eigenvalue weighted by Gasteiger charge is 2.29. The molecule has 1 saturated heterocycles. The predicted octanol–water partition coefficient (Wildman–Crippen LogP) is 4.58. The van der Waals surface area contributed by atoms with Gasteiger partial charge in [-0.05, 0) is 54.3 Å². The fourth-order valence-corrected chi connectivity index (χ4v) is 5.66. The number of hydrogen-bond donors (Lipinski definition) is 2. The lowest BCUT2D eigenvalue weighted by Gasteiger charge is -2.24. The molecule has 9 heteroatoms. The summed E-state index contributed by atoms with van der Waals surface area (Å²) in [6.07, 6.45) is 8.24. The first kappa shape index (κ1) is 26.9. The fourth-order valence-electron chi connectivity index (χ4n) is 5.66. The average Bonchev–Trinajstić information content (AvgIpc) is 3.76. The van der Waals surface area contributed by atoms with Gasteiger partial charge in [-0.15, -0.1) is 0 Å². The molecule has 1 atom stereocenters. The number of H-pyrrole nitrogens is 1. The molecule has 6 rings (SSSR count). The number of aromatic amines is 1. The third kappa shape index (κ3) is 5.51. The normalized spacial score (nSPS) is 15.5. The molecule has 1 unspecified atom stereocenters. The lowest BCUT2D eigenvalue weighted by atomic mass is 9.98. The van der Waals surface area contributed by atoms with Crippen molar-refractivity contribution >= 4 is 16.8 Å². The van der Waals surface area contributed by atoms with Crippen LogP contribution in [0.25, 0.3) is 28.0 Å². The van der Waals surface area contributed by atoms with Crippen LogP contribution in [0.5, 0.6) is 0 Å². The molecule has 0 spiro atoms. The maximum atomic E-state index is 13.4. The Bertz CT molecular complexity index is 1660. The zero-order valence-electron chi connectivity index (χ0n) is 23.8. The highest BCUT2D eigenvalue weighted by atomic mass is 16.2. The molecule has 0 aliphatic carbocycles. The van der Waals surface area contributed by atoms with Gasteiger partial charge in [0.05, 0.1) is 17.9 Å². The Labute approximate surface area is 240 Å². The van der Waals surface area contributed by atoms with Crippen LogP contribution < -0.4 is 5.32 Å². The van der Waals surface area contributed by atoms with Crippen molar-refractivity contribution in [3.05, 3.63) is 95.7 Å². The van der Waals surface area contributed by atoms with E-state index < -0.39 is 0 Å². The number of benzene rings is 2. The number of carbonyl (C=O) groups excluding carboxylic acids is 1. The second kappa shape index (κ2) is 11.6. The van der Waals surface area contributed by atoms with E-state index in [-0.39, 0.29) is 11.9 Å². The number of likely N-dealkylation sites (tertiary alicyclic amines) is 1. The number of amides is 1. The van der Waals surface area contributed by atoms with E-state index in [2.05, 4.69) is 80.5 Å². The Morgan fingerprint density at radius 2 is 1.98 bits per heavy atom. The lowest BCUT2D eigenvalue weighted by Crippen LogP contribution is -2.39. The number of imidazole rings is 1. The molecule has 1 aliphatic heterocycles. The second-order valence-electron chi connectivity index (χ2n) is 10.8. The van der Waals surface area contributed by atoms with Crippen molar-refractivity contribution in [3.8, 4) is 17.1 Å². The van der Waals surface area contributed by atoms with E-state index in [1.54, 1.807) is 10.9 Å². The van der Waals surface area contributed by atoms with Gasteiger partial charge >= 0.3 is 0 Å². The van der Waals surface area contributed by atoms with Crippen LogP contribution in [0, 0.1) is 6.92 Å². The zero-order chi connectivity index (χ0) is 28.3. The van der Waals surface area contributed by atoms with Gasteiger partial charge in [-0.25, -0.2) is 4.98 Å². The van der Waals surface area contributed by atoms with Crippen molar-refractivity contribution in [3.63, 3.8) is 0 Å². The summed E-state index contributed by atoms with van der Waals surface area (Å²) in [7, 11) is 1.88.